The summed E-state index contributed by atoms with van der Waals surface area (Å²) in [4.78, 5) is 17.0. The molecule has 1 aromatic heterocycles. The highest BCUT2D eigenvalue weighted by Gasteiger charge is 2.23. The summed E-state index contributed by atoms with van der Waals surface area (Å²) >= 11 is 0. The van der Waals surface area contributed by atoms with Crippen molar-refractivity contribution in [3.63, 3.8) is 0 Å². The summed E-state index contributed by atoms with van der Waals surface area (Å²) in [7, 11) is 0. The first-order chi connectivity index (χ1) is 11.7. The Hall–Kier alpha value is -1.36. The first kappa shape index (κ1) is 17.5. The second-order valence-electron chi connectivity index (χ2n) is 7.57. The van der Waals surface area contributed by atoms with Gasteiger partial charge in [-0.05, 0) is 70.1 Å². The Balaban J connectivity index is 1.32. The Morgan fingerprint density at radius 1 is 1.17 bits per heavy atom. The SMILES string of the molecule is Cc1cnn(CC2CCN(C(=O)CCCN3CCCCC3)CC2)c1. The molecule has 3 rings (SSSR count). The first-order valence-electron chi connectivity index (χ1n) is 9.70. The summed E-state index contributed by atoms with van der Waals surface area (Å²) in [5.74, 6) is 1.02. The minimum absolute atomic E-state index is 0.361. The highest BCUT2D eigenvalue weighted by atomic mass is 16.2. The molecule has 1 amide bonds. The maximum atomic E-state index is 12.4. The van der Waals surface area contributed by atoms with Gasteiger partial charge in [-0.3, -0.25) is 9.48 Å². The summed E-state index contributed by atoms with van der Waals surface area (Å²) in [5.41, 5.74) is 1.22. The maximum Gasteiger partial charge on any atom is 0.222 e. The number of nitrogens with zero attached hydrogens (tertiary/aromatic N) is 4. The van der Waals surface area contributed by atoms with Crippen LogP contribution < -0.4 is 0 Å². The molecule has 0 atom stereocenters. The number of likely N-dealkylation sites (tertiary alicyclic amines) is 2. The average molecular weight is 332 g/mol. The van der Waals surface area contributed by atoms with E-state index >= 15 is 0 Å². The van der Waals surface area contributed by atoms with Crippen LogP contribution in [0.5, 0.6) is 0 Å². The summed E-state index contributed by atoms with van der Waals surface area (Å²) in [6.07, 6.45) is 12.0. The van der Waals surface area contributed by atoms with Gasteiger partial charge in [-0.25, -0.2) is 0 Å². The minimum Gasteiger partial charge on any atom is -0.343 e. The molecule has 0 radical (unpaired) electrons. The first-order valence-corrected chi connectivity index (χ1v) is 9.70. The van der Waals surface area contributed by atoms with Gasteiger partial charge >= 0.3 is 0 Å². The fourth-order valence-electron chi connectivity index (χ4n) is 3.99. The summed E-state index contributed by atoms with van der Waals surface area (Å²) in [5, 5.41) is 4.38. The van der Waals surface area contributed by atoms with E-state index in [0.29, 0.717) is 11.8 Å². The second-order valence-corrected chi connectivity index (χ2v) is 7.57. The fourth-order valence-corrected chi connectivity index (χ4v) is 3.99. The predicted octanol–water partition coefficient (Wildman–Crippen LogP) is 2.70. The molecule has 2 aliphatic rings. The molecule has 2 fully saturated rings. The van der Waals surface area contributed by atoms with Crippen molar-refractivity contribution < 1.29 is 4.79 Å². The molecule has 2 aliphatic heterocycles. The molecule has 3 heterocycles. The van der Waals surface area contributed by atoms with Gasteiger partial charge in [0.15, 0.2) is 0 Å². The number of aromatic nitrogens is 2. The molecule has 1 aromatic rings. The number of piperidine rings is 2. The zero-order chi connectivity index (χ0) is 16.8. The molecule has 0 unspecified atom stereocenters. The monoisotopic (exact) mass is 332 g/mol. The van der Waals surface area contributed by atoms with Crippen LogP contribution in [0.2, 0.25) is 0 Å². The predicted molar refractivity (Wildman–Crippen MR) is 95.8 cm³/mol. The topological polar surface area (TPSA) is 41.4 Å². The van der Waals surface area contributed by atoms with Gasteiger partial charge in [-0.2, -0.15) is 5.10 Å². The van der Waals surface area contributed by atoms with Gasteiger partial charge in [0, 0.05) is 32.3 Å². The van der Waals surface area contributed by atoms with Gasteiger partial charge in [0.2, 0.25) is 5.91 Å². The molecule has 0 saturated carbocycles. The summed E-state index contributed by atoms with van der Waals surface area (Å²) in [6, 6.07) is 0. The Morgan fingerprint density at radius 3 is 2.58 bits per heavy atom. The van der Waals surface area contributed by atoms with Crippen molar-refractivity contribution in [1.29, 1.82) is 0 Å². The van der Waals surface area contributed by atoms with Crippen LogP contribution in [0.15, 0.2) is 12.4 Å². The molecular weight excluding hydrogens is 300 g/mol. The van der Waals surface area contributed by atoms with E-state index < -0.39 is 0 Å². The Bertz CT molecular complexity index is 513. The van der Waals surface area contributed by atoms with Gasteiger partial charge < -0.3 is 9.80 Å². The van der Waals surface area contributed by atoms with Crippen LogP contribution >= 0.6 is 0 Å². The summed E-state index contributed by atoms with van der Waals surface area (Å²) in [6.45, 7) is 8.47. The highest BCUT2D eigenvalue weighted by Crippen LogP contribution is 2.20. The van der Waals surface area contributed by atoms with Crippen molar-refractivity contribution >= 4 is 5.91 Å². The molecule has 0 spiro atoms. The molecule has 24 heavy (non-hydrogen) atoms. The smallest absolute Gasteiger partial charge is 0.222 e. The second kappa shape index (κ2) is 8.65. The molecular formula is C19H32N4O. The molecule has 134 valence electrons. The van der Waals surface area contributed by atoms with E-state index in [0.717, 1.165) is 51.9 Å². The molecule has 0 bridgehead atoms. The third-order valence-corrected chi connectivity index (χ3v) is 5.49. The van der Waals surface area contributed by atoms with Crippen LogP contribution in [-0.4, -0.2) is 58.2 Å². The summed E-state index contributed by atoms with van der Waals surface area (Å²) < 4.78 is 2.05. The lowest BCUT2D eigenvalue weighted by Gasteiger charge is -2.32. The van der Waals surface area contributed by atoms with Gasteiger partial charge in [-0.15, -0.1) is 0 Å². The number of rotatable bonds is 6. The zero-order valence-electron chi connectivity index (χ0n) is 15.1. The molecule has 0 N–H and O–H groups in total. The van der Waals surface area contributed by atoms with Crippen LogP contribution in [0.4, 0.5) is 0 Å². The van der Waals surface area contributed by atoms with E-state index in [-0.39, 0.29) is 0 Å². The molecule has 0 aliphatic carbocycles. The van der Waals surface area contributed by atoms with Crippen molar-refractivity contribution in [3.8, 4) is 0 Å². The average Bonchev–Trinajstić information content (AvgIpc) is 3.01. The van der Waals surface area contributed by atoms with Crippen LogP contribution in [0.1, 0.15) is 50.5 Å². The van der Waals surface area contributed by atoms with E-state index in [9.17, 15) is 4.79 Å². The van der Waals surface area contributed by atoms with Crippen LogP contribution in [0.25, 0.3) is 0 Å². The lowest BCUT2D eigenvalue weighted by Crippen LogP contribution is -2.39. The quantitative estimate of drug-likeness (QED) is 0.804. The number of hydrogen-bond acceptors (Lipinski definition) is 3. The van der Waals surface area contributed by atoms with E-state index in [1.54, 1.807) is 0 Å². The Kier molecular flexibility index (Phi) is 6.30. The van der Waals surface area contributed by atoms with Gasteiger partial charge in [0.25, 0.3) is 0 Å². The van der Waals surface area contributed by atoms with Gasteiger partial charge in [-0.1, -0.05) is 6.42 Å². The normalized spacial score (nSPS) is 20.5. The largest absolute Gasteiger partial charge is 0.343 e. The van der Waals surface area contributed by atoms with Crippen molar-refractivity contribution in [2.45, 2.75) is 58.4 Å². The van der Waals surface area contributed by atoms with Crippen LogP contribution in [0.3, 0.4) is 0 Å². The number of hydrogen-bond donors (Lipinski definition) is 0. The van der Waals surface area contributed by atoms with E-state index in [2.05, 4.69) is 32.7 Å². The van der Waals surface area contributed by atoms with Gasteiger partial charge in [0.05, 0.1) is 6.20 Å². The lowest BCUT2D eigenvalue weighted by molar-refractivity contribution is -0.132. The molecule has 2 saturated heterocycles. The highest BCUT2D eigenvalue weighted by molar-refractivity contribution is 5.76. The minimum atomic E-state index is 0.361. The van der Waals surface area contributed by atoms with Crippen molar-refractivity contribution in [3.05, 3.63) is 18.0 Å². The van der Waals surface area contributed by atoms with Crippen LogP contribution in [-0.2, 0) is 11.3 Å². The number of carbonyl (C=O) groups excluding carboxylic acids is 1. The van der Waals surface area contributed by atoms with Crippen molar-refractivity contribution in [2.75, 3.05) is 32.7 Å². The molecule has 5 nitrogen and oxygen atoms in total. The van der Waals surface area contributed by atoms with E-state index in [1.807, 2.05) is 6.20 Å². The number of carbonyl (C=O) groups is 1. The number of aryl methyl sites for hydroxylation is 1. The third-order valence-electron chi connectivity index (χ3n) is 5.49. The number of amides is 1. The Labute approximate surface area is 146 Å². The fraction of sp³-hybridized carbons (Fsp3) is 0.789. The standard InChI is InChI=1S/C19H32N4O/c1-17-14-20-23(15-17)16-18-7-12-22(13-8-18)19(24)6-5-11-21-9-3-2-4-10-21/h14-15,18H,2-13,16H2,1H3. The van der Waals surface area contributed by atoms with E-state index in [1.165, 1.54) is 37.9 Å². The van der Waals surface area contributed by atoms with Crippen LogP contribution in [0, 0.1) is 12.8 Å². The third kappa shape index (κ3) is 5.07. The van der Waals surface area contributed by atoms with Gasteiger partial charge in [0.1, 0.15) is 0 Å². The van der Waals surface area contributed by atoms with Crippen molar-refractivity contribution in [2.24, 2.45) is 5.92 Å². The lowest BCUT2D eigenvalue weighted by atomic mass is 9.96. The van der Waals surface area contributed by atoms with Crippen molar-refractivity contribution in [1.82, 2.24) is 19.6 Å². The maximum absolute atomic E-state index is 12.4. The molecule has 0 aromatic carbocycles. The van der Waals surface area contributed by atoms with E-state index in [4.69, 9.17) is 0 Å². The molecule has 5 heteroatoms. The Morgan fingerprint density at radius 2 is 1.92 bits per heavy atom. The zero-order valence-corrected chi connectivity index (χ0v) is 15.1.